The van der Waals surface area contributed by atoms with E-state index in [2.05, 4.69) is 5.43 Å². The van der Waals surface area contributed by atoms with Gasteiger partial charge in [0.2, 0.25) is 5.91 Å². The number of hydrazine groups is 1. The third-order valence-corrected chi connectivity index (χ3v) is 6.95. The fraction of sp³-hybridized carbons (Fsp3) is 0.161. The average Bonchev–Trinajstić information content (AvgIpc) is 2.89. The first kappa shape index (κ1) is 27.4. The smallest absolute Gasteiger partial charge is 0.279 e. The number of amides is 2. The fourth-order valence-electron chi connectivity index (χ4n) is 4.51. The summed E-state index contributed by atoms with van der Waals surface area (Å²) >= 11 is 12.7. The Morgan fingerprint density at radius 3 is 1.89 bits per heavy atom. The standard InChI is InChI=1S/C31H28Cl2N2O3/c1-20-9-7-13-24(17-20)31(38,25-14-8-10-21(2)18-25)30(37)34-35(22(3)36)29(23-11-5-4-6-12-23)27-16-15-26(32)19-28(27)33/h4-19,29,38H,1-3H3,(H,34,37)/t29-/m1/s1. The molecule has 0 bridgehead atoms. The molecular formula is C31H28Cl2N2O3. The van der Waals surface area contributed by atoms with Gasteiger partial charge in [-0.05, 0) is 48.2 Å². The van der Waals surface area contributed by atoms with Crippen LogP contribution in [-0.2, 0) is 15.2 Å². The molecule has 0 spiro atoms. The molecule has 0 aliphatic rings. The topological polar surface area (TPSA) is 69.6 Å². The molecule has 4 aromatic carbocycles. The summed E-state index contributed by atoms with van der Waals surface area (Å²) in [5.74, 6) is -1.23. The van der Waals surface area contributed by atoms with Crippen molar-refractivity contribution in [2.24, 2.45) is 0 Å². The Bertz CT molecular complexity index is 1430. The second-order valence-electron chi connectivity index (χ2n) is 9.26. The summed E-state index contributed by atoms with van der Waals surface area (Å²) < 4.78 is 0. The van der Waals surface area contributed by atoms with Gasteiger partial charge < -0.3 is 5.11 Å². The number of nitrogens with zero attached hydrogens (tertiary/aromatic N) is 1. The van der Waals surface area contributed by atoms with Crippen molar-refractivity contribution >= 4 is 35.0 Å². The predicted molar refractivity (Wildman–Crippen MR) is 151 cm³/mol. The van der Waals surface area contributed by atoms with Crippen LogP contribution in [0.3, 0.4) is 0 Å². The van der Waals surface area contributed by atoms with Crippen molar-refractivity contribution in [1.29, 1.82) is 0 Å². The summed E-state index contributed by atoms with van der Waals surface area (Å²) in [6, 6.07) is 27.6. The van der Waals surface area contributed by atoms with E-state index in [4.69, 9.17) is 23.2 Å². The number of halogens is 2. The molecule has 0 heterocycles. The van der Waals surface area contributed by atoms with Crippen LogP contribution in [0.25, 0.3) is 0 Å². The minimum atomic E-state index is -2.09. The van der Waals surface area contributed by atoms with Gasteiger partial charge in [0.1, 0.15) is 6.04 Å². The van der Waals surface area contributed by atoms with Crippen LogP contribution in [0.1, 0.15) is 46.3 Å². The SMILES string of the molecule is CC(=O)N(NC(=O)C(O)(c1cccc(C)c1)c1cccc(C)c1)[C@H](c1ccccc1)c1ccc(Cl)cc1Cl. The van der Waals surface area contributed by atoms with Crippen LogP contribution in [0, 0.1) is 13.8 Å². The van der Waals surface area contributed by atoms with E-state index in [1.54, 1.807) is 54.6 Å². The van der Waals surface area contributed by atoms with Crippen molar-refractivity contribution in [3.05, 3.63) is 140 Å². The molecule has 2 amide bonds. The zero-order valence-electron chi connectivity index (χ0n) is 21.3. The van der Waals surface area contributed by atoms with E-state index in [0.29, 0.717) is 32.3 Å². The predicted octanol–water partition coefficient (Wildman–Crippen LogP) is 6.52. The van der Waals surface area contributed by atoms with Crippen molar-refractivity contribution < 1.29 is 14.7 Å². The number of carbonyl (C=O) groups excluding carboxylic acids is 2. The molecule has 0 fully saturated rings. The Morgan fingerprint density at radius 2 is 1.39 bits per heavy atom. The van der Waals surface area contributed by atoms with E-state index in [1.165, 1.54) is 11.9 Å². The molecule has 0 radical (unpaired) electrons. The second-order valence-corrected chi connectivity index (χ2v) is 10.1. The van der Waals surface area contributed by atoms with Gasteiger partial charge in [-0.2, -0.15) is 0 Å². The monoisotopic (exact) mass is 546 g/mol. The lowest BCUT2D eigenvalue weighted by Crippen LogP contribution is -2.55. The number of aliphatic hydroxyl groups is 1. The summed E-state index contributed by atoms with van der Waals surface area (Å²) in [4.78, 5) is 27.2. The van der Waals surface area contributed by atoms with Crippen LogP contribution in [0.2, 0.25) is 10.0 Å². The molecule has 5 nitrogen and oxygen atoms in total. The molecule has 4 aromatic rings. The van der Waals surface area contributed by atoms with Crippen LogP contribution >= 0.6 is 23.2 Å². The quantitative estimate of drug-likeness (QED) is 0.270. The highest BCUT2D eigenvalue weighted by atomic mass is 35.5. The van der Waals surface area contributed by atoms with Gasteiger partial charge in [-0.25, -0.2) is 5.01 Å². The summed E-state index contributed by atoms with van der Waals surface area (Å²) in [5.41, 5.74) is 4.43. The summed E-state index contributed by atoms with van der Waals surface area (Å²) in [7, 11) is 0. The van der Waals surface area contributed by atoms with E-state index in [9.17, 15) is 14.7 Å². The molecule has 2 N–H and O–H groups in total. The van der Waals surface area contributed by atoms with Crippen molar-refractivity contribution in [2.45, 2.75) is 32.4 Å². The lowest BCUT2D eigenvalue weighted by molar-refractivity contribution is -0.150. The molecule has 4 rings (SSSR count). The summed E-state index contributed by atoms with van der Waals surface area (Å²) in [5, 5.41) is 14.1. The Kier molecular flexibility index (Phi) is 8.22. The van der Waals surface area contributed by atoms with Crippen molar-refractivity contribution in [1.82, 2.24) is 10.4 Å². The number of benzene rings is 4. The normalized spacial score (nSPS) is 12.1. The summed E-state index contributed by atoms with van der Waals surface area (Å²) in [6.45, 7) is 5.11. The number of rotatable bonds is 6. The van der Waals surface area contributed by atoms with Gasteiger partial charge in [-0.3, -0.25) is 15.0 Å². The first-order chi connectivity index (χ1) is 18.1. The van der Waals surface area contributed by atoms with Crippen LogP contribution in [0.5, 0.6) is 0 Å². The van der Waals surface area contributed by atoms with E-state index < -0.39 is 23.5 Å². The number of carbonyl (C=O) groups is 2. The first-order valence-electron chi connectivity index (χ1n) is 12.1. The number of aryl methyl sites for hydroxylation is 2. The minimum Gasteiger partial charge on any atom is -0.372 e. The van der Waals surface area contributed by atoms with Gasteiger partial charge in [0.15, 0.2) is 5.60 Å². The molecule has 0 aliphatic heterocycles. The van der Waals surface area contributed by atoms with Crippen LogP contribution < -0.4 is 5.43 Å². The molecule has 0 unspecified atom stereocenters. The van der Waals surface area contributed by atoms with Gasteiger partial charge in [0.25, 0.3) is 5.91 Å². The molecule has 0 aliphatic carbocycles. The summed E-state index contributed by atoms with van der Waals surface area (Å²) in [6.07, 6.45) is 0. The Labute approximate surface area is 232 Å². The number of hydrogen-bond donors (Lipinski definition) is 2. The van der Waals surface area contributed by atoms with Crippen molar-refractivity contribution in [2.75, 3.05) is 0 Å². The van der Waals surface area contributed by atoms with Gasteiger partial charge in [0.05, 0.1) is 0 Å². The molecule has 38 heavy (non-hydrogen) atoms. The van der Waals surface area contributed by atoms with Gasteiger partial charge in [-0.15, -0.1) is 0 Å². The molecule has 0 saturated heterocycles. The minimum absolute atomic E-state index is 0.333. The Hall–Kier alpha value is -3.64. The maximum Gasteiger partial charge on any atom is 0.279 e. The highest BCUT2D eigenvalue weighted by molar-refractivity contribution is 6.35. The maximum atomic E-state index is 14.1. The average molecular weight is 547 g/mol. The molecule has 7 heteroatoms. The number of nitrogens with one attached hydrogen (secondary N) is 1. The Balaban J connectivity index is 1.85. The lowest BCUT2D eigenvalue weighted by Gasteiger charge is -2.36. The zero-order chi connectivity index (χ0) is 27.4. The molecule has 0 aromatic heterocycles. The molecular weight excluding hydrogens is 519 g/mol. The zero-order valence-corrected chi connectivity index (χ0v) is 22.8. The van der Waals surface area contributed by atoms with E-state index in [0.717, 1.165) is 11.1 Å². The van der Waals surface area contributed by atoms with Crippen molar-refractivity contribution in [3.8, 4) is 0 Å². The van der Waals surface area contributed by atoms with Gasteiger partial charge in [0, 0.05) is 17.0 Å². The van der Waals surface area contributed by atoms with Crippen LogP contribution in [-0.4, -0.2) is 21.9 Å². The first-order valence-corrected chi connectivity index (χ1v) is 12.8. The second kappa shape index (κ2) is 11.4. The molecule has 194 valence electrons. The van der Waals surface area contributed by atoms with Crippen LogP contribution in [0.15, 0.2) is 97.1 Å². The lowest BCUT2D eigenvalue weighted by atomic mass is 9.84. The third kappa shape index (κ3) is 5.60. The molecule has 1 atom stereocenters. The van der Waals surface area contributed by atoms with Gasteiger partial charge in [-0.1, -0.05) is 119 Å². The highest BCUT2D eigenvalue weighted by Gasteiger charge is 2.42. The third-order valence-electron chi connectivity index (χ3n) is 6.39. The van der Waals surface area contributed by atoms with Crippen molar-refractivity contribution in [3.63, 3.8) is 0 Å². The largest absolute Gasteiger partial charge is 0.372 e. The fourth-order valence-corrected chi connectivity index (χ4v) is 5.02. The molecule has 0 saturated carbocycles. The van der Waals surface area contributed by atoms with Gasteiger partial charge >= 0.3 is 0 Å². The highest BCUT2D eigenvalue weighted by Crippen LogP contribution is 2.36. The Morgan fingerprint density at radius 1 is 0.816 bits per heavy atom. The van der Waals surface area contributed by atoms with E-state index in [1.807, 2.05) is 56.3 Å². The van der Waals surface area contributed by atoms with E-state index >= 15 is 0 Å². The van der Waals surface area contributed by atoms with E-state index in [-0.39, 0.29) is 0 Å². The van der Waals surface area contributed by atoms with Crippen LogP contribution in [0.4, 0.5) is 0 Å². The number of hydrogen-bond acceptors (Lipinski definition) is 3. The maximum absolute atomic E-state index is 14.1.